The minimum Gasteiger partial charge on any atom is -0.493 e. The van der Waals surface area contributed by atoms with Gasteiger partial charge in [0, 0.05) is 17.7 Å². The fourth-order valence-electron chi connectivity index (χ4n) is 2.59. The first-order valence-corrected chi connectivity index (χ1v) is 8.53. The number of nitrogens with one attached hydrogen (secondary N) is 1. The van der Waals surface area contributed by atoms with Gasteiger partial charge in [0.1, 0.15) is 6.54 Å². The van der Waals surface area contributed by atoms with Gasteiger partial charge in [-0.25, -0.2) is 4.79 Å². The Hall–Kier alpha value is -3.95. The number of hydrogen-bond acceptors (Lipinski definition) is 8. The maximum Gasteiger partial charge on any atom is 0.340 e. The van der Waals surface area contributed by atoms with Gasteiger partial charge in [-0.15, -0.1) is 10.2 Å². The lowest BCUT2D eigenvalue weighted by atomic mass is 10.1. The summed E-state index contributed by atoms with van der Waals surface area (Å²) in [6, 6.07) is 12.2. The van der Waals surface area contributed by atoms with Crippen LogP contribution in [0.4, 0.5) is 5.69 Å². The van der Waals surface area contributed by atoms with Crippen LogP contribution >= 0.6 is 0 Å². The number of rotatable bonds is 7. The van der Waals surface area contributed by atoms with Crippen molar-refractivity contribution < 1.29 is 23.8 Å². The van der Waals surface area contributed by atoms with Crippen LogP contribution in [0.25, 0.3) is 11.4 Å². The minimum absolute atomic E-state index is 0.120. The Morgan fingerprint density at radius 3 is 2.38 bits per heavy atom. The molecular weight excluding hydrogens is 378 g/mol. The fraction of sp³-hybridized carbons (Fsp3) is 0.211. The van der Waals surface area contributed by atoms with Crippen molar-refractivity contribution in [1.82, 2.24) is 20.2 Å². The van der Waals surface area contributed by atoms with E-state index in [0.717, 1.165) is 10.4 Å². The van der Waals surface area contributed by atoms with E-state index in [1.807, 2.05) is 30.3 Å². The van der Waals surface area contributed by atoms with E-state index in [9.17, 15) is 9.59 Å². The number of ether oxygens (including phenoxy) is 3. The van der Waals surface area contributed by atoms with Gasteiger partial charge in [-0.3, -0.25) is 4.79 Å². The first kappa shape index (κ1) is 19.8. The van der Waals surface area contributed by atoms with Crippen LogP contribution in [0.15, 0.2) is 42.5 Å². The predicted octanol–water partition coefficient (Wildman–Crippen LogP) is 1.78. The maximum absolute atomic E-state index is 12.5. The molecule has 0 saturated heterocycles. The molecule has 0 aliphatic carbocycles. The molecule has 1 heterocycles. The van der Waals surface area contributed by atoms with Crippen molar-refractivity contribution >= 4 is 17.6 Å². The molecule has 10 heteroatoms. The second kappa shape index (κ2) is 8.83. The zero-order valence-corrected chi connectivity index (χ0v) is 16.1. The molecule has 150 valence electrons. The van der Waals surface area contributed by atoms with Crippen molar-refractivity contribution in [3.8, 4) is 22.9 Å². The molecule has 0 bridgehead atoms. The van der Waals surface area contributed by atoms with Gasteiger partial charge in [0.25, 0.3) is 0 Å². The summed E-state index contributed by atoms with van der Waals surface area (Å²) in [6.07, 6.45) is 0. The van der Waals surface area contributed by atoms with Crippen LogP contribution < -0.4 is 14.8 Å². The van der Waals surface area contributed by atoms with Crippen LogP contribution in [-0.4, -0.2) is 53.4 Å². The third-order valence-corrected chi connectivity index (χ3v) is 3.97. The van der Waals surface area contributed by atoms with Crippen LogP contribution in [0.2, 0.25) is 0 Å². The lowest BCUT2D eigenvalue weighted by molar-refractivity contribution is -0.117. The standard InChI is InChI=1S/C19H19N5O5/c1-27-15-9-13(19(26)29-3)14(10-16(15)28-2)20-17(25)11-24-22-18(21-23-24)12-7-5-4-6-8-12/h4-10H,11H2,1-3H3,(H,20,25). The van der Waals surface area contributed by atoms with E-state index in [2.05, 4.69) is 20.7 Å². The Morgan fingerprint density at radius 1 is 1.03 bits per heavy atom. The molecule has 3 aromatic rings. The molecule has 1 amide bonds. The van der Waals surface area contributed by atoms with Gasteiger partial charge in [0.2, 0.25) is 11.7 Å². The number of tetrazole rings is 1. The zero-order valence-electron chi connectivity index (χ0n) is 16.1. The van der Waals surface area contributed by atoms with Gasteiger partial charge >= 0.3 is 5.97 Å². The Morgan fingerprint density at radius 2 is 1.72 bits per heavy atom. The SMILES string of the molecule is COC(=O)c1cc(OC)c(OC)cc1NC(=O)Cn1nnc(-c2ccccc2)n1. The van der Waals surface area contributed by atoms with Crippen LogP contribution in [0.5, 0.6) is 11.5 Å². The second-order valence-corrected chi connectivity index (χ2v) is 5.80. The monoisotopic (exact) mass is 397 g/mol. The summed E-state index contributed by atoms with van der Waals surface area (Å²) in [5.74, 6) is -0.0114. The molecule has 0 spiro atoms. The van der Waals surface area contributed by atoms with Gasteiger partial charge in [-0.05, 0) is 5.21 Å². The molecule has 1 aromatic heterocycles. The van der Waals surface area contributed by atoms with Crippen LogP contribution in [0, 0.1) is 0 Å². The van der Waals surface area contributed by atoms with Gasteiger partial charge in [-0.1, -0.05) is 30.3 Å². The van der Waals surface area contributed by atoms with Crippen molar-refractivity contribution in [3.05, 3.63) is 48.0 Å². The number of methoxy groups -OCH3 is 3. The van der Waals surface area contributed by atoms with Gasteiger partial charge in [-0.2, -0.15) is 4.80 Å². The largest absolute Gasteiger partial charge is 0.493 e. The molecule has 10 nitrogen and oxygen atoms in total. The van der Waals surface area contributed by atoms with Crippen LogP contribution in [0.1, 0.15) is 10.4 Å². The smallest absolute Gasteiger partial charge is 0.340 e. The van der Waals surface area contributed by atoms with Crippen molar-refractivity contribution in [3.63, 3.8) is 0 Å². The highest BCUT2D eigenvalue weighted by atomic mass is 16.5. The van der Waals surface area contributed by atoms with E-state index in [-0.39, 0.29) is 17.8 Å². The third-order valence-electron chi connectivity index (χ3n) is 3.97. The lowest BCUT2D eigenvalue weighted by Gasteiger charge is -2.14. The van der Waals surface area contributed by atoms with E-state index in [0.29, 0.717) is 17.3 Å². The molecule has 0 saturated carbocycles. The Kier molecular flexibility index (Phi) is 6.03. The quantitative estimate of drug-likeness (QED) is 0.600. The number of carbonyl (C=O) groups excluding carboxylic acids is 2. The average molecular weight is 397 g/mol. The number of nitrogens with zero attached hydrogens (tertiary/aromatic N) is 4. The highest BCUT2D eigenvalue weighted by Gasteiger charge is 2.19. The summed E-state index contributed by atoms with van der Waals surface area (Å²) in [4.78, 5) is 25.7. The Balaban J connectivity index is 1.80. The van der Waals surface area contributed by atoms with Crippen molar-refractivity contribution in [2.75, 3.05) is 26.6 Å². The average Bonchev–Trinajstić information content (AvgIpc) is 3.21. The molecule has 0 atom stereocenters. The molecule has 3 rings (SSSR count). The molecule has 1 N–H and O–H groups in total. The molecule has 0 aliphatic rings. The molecule has 2 aromatic carbocycles. The van der Waals surface area contributed by atoms with Gasteiger partial charge in [0.15, 0.2) is 11.5 Å². The number of hydrogen-bond donors (Lipinski definition) is 1. The number of amides is 1. The van der Waals surface area contributed by atoms with E-state index >= 15 is 0 Å². The van der Waals surface area contributed by atoms with E-state index < -0.39 is 11.9 Å². The van der Waals surface area contributed by atoms with E-state index in [1.54, 1.807) is 0 Å². The van der Waals surface area contributed by atoms with Gasteiger partial charge < -0.3 is 19.5 Å². The normalized spacial score (nSPS) is 10.3. The fourth-order valence-corrected chi connectivity index (χ4v) is 2.59. The Labute approximate surface area is 166 Å². The summed E-state index contributed by atoms with van der Waals surface area (Å²) >= 11 is 0. The van der Waals surface area contributed by atoms with E-state index in [1.165, 1.54) is 33.5 Å². The molecule has 29 heavy (non-hydrogen) atoms. The number of aromatic nitrogens is 4. The van der Waals surface area contributed by atoms with Crippen LogP contribution in [-0.2, 0) is 16.1 Å². The Bertz CT molecular complexity index is 1020. The first-order chi connectivity index (χ1) is 14.0. The summed E-state index contributed by atoms with van der Waals surface area (Å²) in [5.41, 5.74) is 1.12. The third kappa shape index (κ3) is 4.49. The minimum atomic E-state index is -0.633. The molecular formula is C19H19N5O5. The summed E-state index contributed by atoms with van der Waals surface area (Å²) in [5, 5.41) is 14.7. The van der Waals surface area contributed by atoms with E-state index in [4.69, 9.17) is 14.2 Å². The predicted molar refractivity (Wildman–Crippen MR) is 103 cm³/mol. The summed E-state index contributed by atoms with van der Waals surface area (Å²) < 4.78 is 15.2. The summed E-state index contributed by atoms with van der Waals surface area (Å²) in [7, 11) is 4.14. The van der Waals surface area contributed by atoms with Crippen molar-refractivity contribution in [1.29, 1.82) is 0 Å². The van der Waals surface area contributed by atoms with Crippen LogP contribution in [0.3, 0.4) is 0 Å². The zero-order chi connectivity index (χ0) is 20.8. The molecule has 0 aliphatic heterocycles. The number of benzene rings is 2. The first-order valence-electron chi connectivity index (χ1n) is 8.53. The van der Waals surface area contributed by atoms with Crippen molar-refractivity contribution in [2.45, 2.75) is 6.54 Å². The number of anilines is 1. The second-order valence-electron chi connectivity index (χ2n) is 5.80. The summed E-state index contributed by atoms with van der Waals surface area (Å²) in [6.45, 7) is -0.200. The highest BCUT2D eigenvalue weighted by molar-refractivity contribution is 6.02. The number of esters is 1. The molecule has 0 unspecified atom stereocenters. The maximum atomic E-state index is 12.5. The lowest BCUT2D eigenvalue weighted by Crippen LogP contribution is -2.22. The van der Waals surface area contributed by atoms with Crippen molar-refractivity contribution in [2.24, 2.45) is 0 Å². The highest BCUT2D eigenvalue weighted by Crippen LogP contribution is 2.33. The molecule has 0 fully saturated rings. The topological polar surface area (TPSA) is 117 Å². The number of carbonyl (C=O) groups is 2. The molecule has 0 radical (unpaired) electrons. The van der Waals surface area contributed by atoms with Gasteiger partial charge in [0.05, 0.1) is 32.6 Å².